The Labute approximate surface area is 259 Å². The van der Waals surface area contributed by atoms with E-state index >= 15 is 0 Å². The summed E-state index contributed by atoms with van der Waals surface area (Å²) in [7, 11) is 0. The van der Waals surface area contributed by atoms with E-state index in [1.54, 1.807) is 0 Å². The lowest BCUT2D eigenvalue weighted by Crippen LogP contribution is -1.99. The zero-order valence-electron chi connectivity index (χ0n) is 24.4. The molecule has 7 aromatic carbocycles. The molecule has 3 heteroatoms. The topological polar surface area (TPSA) is 14.8 Å². The Morgan fingerprint density at radius 2 is 0.622 bits per heavy atom. The van der Waals surface area contributed by atoms with E-state index in [1.807, 2.05) is 0 Å². The van der Waals surface area contributed by atoms with Gasteiger partial charge in [-0.2, -0.15) is 0 Å². The van der Waals surface area contributed by atoms with E-state index in [2.05, 4.69) is 177 Å². The van der Waals surface area contributed by atoms with Gasteiger partial charge in [-0.05, 0) is 60.7 Å². The molecular weight excluding hydrogens is 546 g/mol. The van der Waals surface area contributed by atoms with Gasteiger partial charge in [0.05, 0.1) is 38.8 Å². The smallest absolute Gasteiger partial charge is 0.0562 e. The zero-order valence-corrected chi connectivity index (χ0v) is 24.4. The van der Waals surface area contributed by atoms with Gasteiger partial charge in [0.2, 0.25) is 0 Å². The molecular formula is C42H27N3. The summed E-state index contributed by atoms with van der Waals surface area (Å²) in [4.78, 5) is 0. The minimum Gasteiger partial charge on any atom is -0.309 e. The fourth-order valence-electron chi connectivity index (χ4n) is 7.62. The summed E-state index contributed by atoms with van der Waals surface area (Å²) < 4.78 is 7.27. The van der Waals surface area contributed by atoms with Crippen LogP contribution >= 0.6 is 0 Å². The van der Waals surface area contributed by atoms with Crippen molar-refractivity contribution in [2.45, 2.75) is 0 Å². The van der Waals surface area contributed by atoms with E-state index in [0.717, 1.165) is 11.4 Å². The number of rotatable bonds is 3. The number of hydrogen-bond acceptors (Lipinski definition) is 0. The van der Waals surface area contributed by atoms with Crippen LogP contribution in [-0.4, -0.2) is 13.7 Å². The summed E-state index contributed by atoms with van der Waals surface area (Å²) in [5.41, 5.74) is 10.7. The minimum atomic E-state index is 1.14. The van der Waals surface area contributed by atoms with E-state index in [-0.39, 0.29) is 0 Å². The van der Waals surface area contributed by atoms with Gasteiger partial charge in [-0.15, -0.1) is 0 Å². The van der Waals surface area contributed by atoms with Crippen LogP contribution in [0.2, 0.25) is 0 Å². The molecule has 45 heavy (non-hydrogen) atoms. The van der Waals surface area contributed by atoms with Crippen molar-refractivity contribution < 1.29 is 0 Å². The molecule has 0 bridgehead atoms. The van der Waals surface area contributed by atoms with Gasteiger partial charge in [-0.3, -0.25) is 0 Å². The van der Waals surface area contributed by atoms with Gasteiger partial charge < -0.3 is 13.7 Å². The highest BCUT2D eigenvalue weighted by molar-refractivity contribution is 6.16. The van der Waals surface area contributed by atoms with Crippen LogP contribution < -0.4 is 0 Å². The summed E-state index contributed by atoms with van der Waals surface area (Å²) in [6.07, 6.45) is 0. The average molecular weight is 574 g/mol. The summed E-state index contributed by atoms with van der Waals surface area (Å²) in [6, 6.07) is 59.4. The lowest BCUT2D eigenvalue weighted by Gasteiger charge is -2.13. The van der Waals surface area contributed by atoms with E-state index in [0.29, 0.717) is 0 Å². The van der Waals surface area contributed by atoms with Gasteiger partial charge >= 0.3 is 0 Å². The largest absolute Gasteiger partial charge is 0.309 e. The van der Waals surface area contributed by atoms with Crippen molar-refractivity contribution in [2.75, 3.05) is 0 Å². The highest BCUT2D eigenvalue weighted by atomic mass is 15.0. The molecule has 0 aliphatic rings. The normalized spacial score (nSPS) is 12.0. The lowest BCUT2D eigenvalue weighted by molar-refractivity contribution is 1.13. The van der Waals surface area contributed by atoms with Crippen molar-refractivity contribution >= 4 is 65.4 Å². The predicted octanol–water partition coefficient (Wildman–Crippen LogP) is 11.0. The number of fused-ring (bicyclic) bond motifs is 9. The lowest BCUT2D eigenvalue weighted by atomic mass is 10.1. The van der Waals surface area contributed by atoms with Crippen molar-refractivity contribution in [3.63, 3.8) is 0 Å². The van der Waals surface area contributed by atoms with Gasteiger partial charge in [0, 0.05) is 43.7 Å². The molecule has 3 aromatic heterocycles. The standard InChI is InChI=1S/C42H27N3/c1-6-20-35-30(15-1)31-16-2-7-21-36(31)43(35)28-13-11-14-29(27-28)44-39-24-10-5-19-34(39)42-40(44)25-12-26-41(42)45-37-22-8-3-17-32(37)33-18-4-9-23-38(33)45/h1-27H. The second kappa shape index (κ2) is 9.22. The van der Waals surface area contributed by atoms with E-state index < -0.39 is 0 Å². The molecule has 0 amide bonds. The molecule has 0 N–H and O–H groups in total. The molecule has 0 atom stereocenters. The molecule has 10 aromatic rings. The molecule has 0 saturated carbocycles. The Hall–Kier alpha value is -6.06. The third kappa shape index (κ3) is 3.35. The van der Waals surface area contributed by atoms with E-state index in [4.69, 9.17) is 0 Å². The minimum absolute atomic E-state index is 1.14. The van der Waals surface area contributed by atoms with Crippen LogP contribution in [0, 0.1) is 0 Å². The first-order chi connectivity index (χ1) is 22.4. The SMILES string of the molecule is c1cc(-n2c3ccccc3c3ccccc32)cc(-n2c3ccccc3c3c(-n4c5ccccc5c5ccccc54)cccc32)c1. The molecule has 0 radical (unpaired) electrons. The molecule has 0 spiro atoms. The maximum Gasteiger partial charge on any atom is 0.0562 e. The van der Waals surface area contributed by atoms with Gasteiger partial charge in [0.1, 0.15) is 0 Å². The number of para-hydroxylation sites is 5. The quantitative estimate of drug-likeness (QED) is 0.200. The molecule has 0 aliphatic carbocycles. The average Bonchev–Trinajstić information content (AvgIpc) is 3.74. The Kier molecular flexibility index (Phi) is 5.00. The summed E-state index contributed by atoms with van der Waals surface area (Å²) in [5, 5.41) is 7.58. The van der Waals surface area contributed by atoms with Gasteiger partial charge in [0.25, 0.3) is 0 Å². The van der Waals surface area contributed by atoms with Crippen LogP contribution in [0.3, 0.4) is 0 Å². The predicted molar refractivity (Wildman–Crippen MR) is 189 cm³/mol. The Morgan fingerprint density at radius 3 is 1.13 bits per heavy atom. The summed E-state index contributed by atoms with van der Waals surface area (Å²) in [6.45, 7) is 0. The third-order valence-electron chi connectivity index (χ3n) is 9.42. The zero-order chi connectivity index (χ0) is 29.5. The molecule has 10 rings (SSSR count). The van der Waals surface area contributed by atoms with Crippen LogP contribution in [0.4, 0.5) is 0 Å². The van der Waals surface area contributed by atoms with Gasteiger partial charge in [-0.1, -0.05) is 103 Å². The maximum atomic E-state index is 2.44. The van der Waals surface area contributed by atoms with Crippen molar-refractivity contribution in [1.29, 1.82) is 0 Å². The Balaban J connectivity index is 1.28. The van der Waals surface area contributed by atoms with Crippen LogP contribution in [-0.2, 0) is 0 Å². The van der Waals surface area contributed by atoms with E-state index in [9.17, 15) is 0 Å². The highest BCUT2D eigenvalue weighted by Gasteiger charge is 2.20. The van der Waals surface area contributed by atoms with Gasteiger partial charge in [-0.25, -0.2) is 0 Å². The summed E-state index contributed by atoms with van der Waals surface area (Å²) in [5.74, 6) is 0. The van der Waals surface area contributed by atoms with Crippen LogP contribution in [0.5, 0.6) is 0 Å². The van der Waals surface area contributed by atoms with Crippen molar-refractivity contribution in [3.05, 3.63) is 164 Å². The monoisotopic (exact) mass is 573 g/mol. The number of aromatic nitrogens is 3. The Morgan fingerprint density at radius 1 is 0.267 bits per heavy atom. The van der Waals surface area contributed by atoms with Crippen molar-refractivity contribution in [2.24, 2.45) is 0 Å². The first-order valence-corrected chi connectivity index (χ1v) is 15.5. The van der Waals surface area contributed by atoms with Crippen molar-refractivity contribution in [3.8, 4) is 17.1 Å². The van der Waals surface area contributed by atoms with E-state index in [1.165, 1.54) is 71.1 Å². The second-order valence-electron chi connectivity index (χ2n) is 11.8. The van der Waals surface area contributed by atoms with Crippen LogP contribution in [0.15, 0.2) is 164 Å². The number of nitrogens with zero attached hydrogens (tertiary/aromatic N) is 3. The molecule has 0 unspecified atom stereocenters. The first-order valence-electron chi connectivity index (χ1n) is 15.5. The molecule has 3 nitrogen and oxygen atoms in total. The fourth-order valence-corrected chi connectivity index (χ4v) is 7.62. The molecule has 0 saturated heterocycles. The fraction of sp³-hybridized carbons (Fsp3) is 0. The van der Waals surface area contributed by atoms with Gasteiger partial charge in [0.15, 0.2) is 0 Å². The molecule has 3 heterocycles. The van der Waals surface area contributed by atoms with Crippen LogP contribution in [0.25, 0.3) is 82.5 Å². The third-order valence-corrected chi connectivity index (χ3v) is 9.42. The molecule has 0 aliphatic heterocycles. The second-order valence-corrected chi connectivity index (χ2v) is 11.8. The number of benzene rings is 7. The Bertz CT molecular complexity index is 2660. The summed E-state index contributed by atoms with van der Waals surface area (Å²) >= 11 is 0. The molecule has 0 fully saturated rings. The first kappa shape index (κ1) is 24.4. The van der Waals surface area contributed by atoms with Crippen molar-refractivity contribution in [1.82, 2.24) is 13.7 Å². The van der Waals surface area contributed by atoms with Crippen LogP contribution in [0.1, 0.15) is 0 Å². The molecule has 210 valence electrons. The highest BCUT2D eigenvalue weighted by Crippen LogP contribution is 2.40. The number of hydrogen-bond donors (Lipinski definition) is 0. The maximum absolute atomic E-state index is 2.44.